The first-order valence-electron chi connectivity index (χ1n) is 3.39. The lowest BCUT2D eigenvalue weighted by Gasteiger charge is -1.84. The average molecular weight is 175 g/mol. The highest BCUT2D eigenvalue weighted by atomic mass is 32.1. The van der Waals surface area contributed by atoms with Gasteiger partial charge in [0.2, 0.25) is 0 Å². The van der Waals surface area contributed by atoms with Crippen LogP contribution in [0.25, 0.3) is 11.3 Å². The normalized spacial score (nSPS) is 9.58. The topological polar surface area (TPSA) is 52.5 Å². The molecule has 0 saturated heterocycles. The van der Waals surface area contributed by atoms with Gasteiger partial charge in [-0.1, -0.05) is 0 Å². The summed E-state index contributed by atoms with van der Waals surface area (Å²) in [5.74, 6) is 0. The number of aromatic amines is 1. The number of nitriles is 1. The fourth-order valence-electron chi connectivity index (χ4n) is 0.941. The van der Waals surface area contributed by atoms with Gasteiger partial charge in [0.25, 0.3) is 0 Å². The summed E-state index contributed by atoms with van der Waals surface area (Å²) in [4.78, 5) is 7.05. The van der Waals surface area contributed by atoms with E-state index in [0.717, 1.165) is 11.3 Å². The van der Waals surface area contributed by atoms with E-state index in [-0.39, 0.29) is 0 Å². The predicted octanol–water partition coefficient (Wildman–Crippen LogP) is 2.01. The summed E-state index contributed by atoms with van der Waals surface area (Å²) in [5, 5.41) is 10.9. The molecule has 12 heavy (non-hydrogen) atoms. The largest absolute Gasteiger partial charge is 0.367 e. The standard InChI is InChI=1S/C8H5N3S/c9-3-8-11-7(5-12-8)6-1-2-10-4-6/h1-2,4-5,10H. The minimum absolute atomic E-state index is 0.506. The first kappa shape index (κ1) is 7.07. The van der Waals surface area contributed by atoms with Crippen LogP contribution in [-0.2, 0) is 0 Å². The minimum Gasteiger partial charge on any atom is -0.367 e. The van der Waals surface area contributed by atoms with Gasteiger partial charge in [0.05, 0.1) is 5.69 Å². The molecule has 3 nitrogen and oxygen atoms in total. The molecule has 4 heteroatoms. The smallest absolute Gasteiger partial charge is 0.194 e. The maximum atomic E-state index is 8.54. The van der Waals surface area contributed by atoms with Crippen molar-refractivity contribution >= 4 is 11.3 Å². The number of aromatic nitrogens is 2. The molecule has 0 amide bonds. The molecule has 0 aliphatic heterocycles. The van der Waals surface area contributed by atoms with Crippen molar-refractivity contribution in [3.8, 4) is 17.3 Å². The van der Waals surface area contributed by atoms with E-state index in [9.17, 15) is 0 Å². The van der Waals surface area contributed by atoms with E-state index in [4.69, 9.17) is 5.26 Å². The van der Waals surface area contributed by atoms with Gasteiger partial charge in [-0.15, -0.1) is 11.3 Å². The van der Waals surface area contributed by atoms with Crippen LogP contribution in [0.4, 0.5) is 0 Å². The first-order valence-corrected chi connectivity index (χ1v) is 4.27. The number of thiazole rings is 1. The molecule has 0 aliphatic carbocycles. The van der Waals surface area contributed by atoms with Crippen LogP contribution in [0.15, 0.2) is 23.8 Å². The summed E-state index contributed by atoms with van der Waals surface area (Å²) in [6, 6.07) is 3.93. The molecule has 0 spiro atoms. The molecule has 0 aromatic carbocycles. The zero-order valence-electron chi connectivity index (χ0n) is 6.11. The number of rotatable bonds is 1. The first-order chi connectivity index (χ1) is 5.90. The third-order valence-electron chi connectivity index (χ3n) is 1.49. The average Bonchev–Trinajstić information content (AvgIpc) is 2.75. The van der Waals surface area contributed by atoms with Gasteiger partial charge >= 0.3 is 0 Å². The quantitative estimate of drug-likeness (QED) is 0.720. The van der Waals surface area contributed by atoms with Crippen LogP contribution in [0.1, 0.15) is 5.01 Å². The fraction of sp³-hybridized carbons (Fsp3) is 0. The Morgan fingerprint density at radius 2 is 2.50 bits per heavy atom. The van der Waals surface area contributed by atoms with Crippen LogP contribution < -0.4 is 0 Å². The van der Waals surface area contributed by atoms with Gasteiger partial charge in [-0.3, -0.25) is 0 Å². The zero-order chi connectivity index (χ0) is 8.39. The van der Waals surface area contributed by atoms with Crippen LogP contribution in [-0.4, -0.2) is 9.97 Å². The van der Waals surface area contributed by atoms with Gasteiger partial charge in [-0.25, -0.2) is 4.98 Å². The maximum Gasteiger partial charge on any atom is 0.194 e. The Hall–Kier alpha value is -1.60. The molecule has 2 rings (SSSR count). The highest BCUT2D eigenvalue weighted by Crippen LogP contribution is 2.20. The zero-order valence-corrected chi connectivity index (χ0v) is 6.93. The molecular weight excluding hydrogens is 170 g/mol. The van der Waals surface area contributed by atoms with Crippen LogP contribution >= 0.6 is 11.3 Å². The predicted molar refractivity (Wildman–Crippen MR) is 46.6 cm³/mol. The Kier molecular flexibility index (Phi) is 1.65. The van der Waals surface area contributed by atoms with Crippen molar-refractivity contribution in [1.82, 2.24) is 9.97 Å². The molecule has 2 aromatic heterocycles. The summed E-state index contributed by atoms with van der Waals surface area (Å²) >= 11 is 1.36. The Morgan fingerprint density at radius 3 is 3.08 bits per heavy atom. The summed E-state index contributed by atoms with van der Waals surface area (Å²) < 4.78 is 0. The van der Waals surface area contributed by atoms with E-state index in [2.05, 4.69) is 9.97 Å². The van der Waals surface area contributed by atoms with Gasteiger partial charge in [0.1, 0.15) is 6.07 Å². The van der Waals surface area contributed by atoms with Crippen molar-refractivity contribution in [3.05, 3.63) is 28.8 Å². The molecule has 1 N–H and O–H groups in total. The number of H-pyrrole nitrogens is 1. The van der Waals surface area contributed by atoms with E-state index in [1.807, 2.05) is 29.9 Å². The lowest BCUT2D eigenvalue weighted by atomic mass is 10.3. The highest BCUT2D eigenvalue weighted by molar-refractivity contribution is 7.10. The van der Waals surface area contributed by atoms with Crippen molar-refractivity contribution in [2.24, 2.45) is 0 Å². The molecule has 0 fully saturated rings. The highest BCUT2D eigenvalue weighted by Gasteiger charge is 2.02. The van der Waals surface area contributed by atoms with Gasteiger partial charge in [0.15, 0.2) is 5.01 Å². The Labute approximate surface area is 73.3 Å². The SMILES string of the molecule is N#Cc1nc(-c2cc[nH]c2)cs1. The summed E-state index contributed by atoms with van der Waals surface area (Å²) in [6.45, 7) is 0. The number of nitrogens with zero attached hydrogens (tertiary/aromatic N) is 2. The van der Waals surface area contributed by atoms with Crippen molar-refractivity contribution in [1.29, 1.82) is 5.26 Å². The Balaban J connectivity index is 2.44. The molecule has 0 radical (unpaired) electrons. The van der Waals surface area contributed by atoms with Crippen LogP contribution in [0.3, 0.4) is 0 Å². The van der Waals surface area contributed by atoms with Crippen molar-refractivity contribution in [2.75, 3.05) is 0 Å². The number of hydrogen-bond acceptors (Lipinski definition) is 3. The monoisotopic (exact) mass is 175 g/mol. The molecule has 0 saturated carbocycles. The summed E-state index contributed by atoms with van der Waals surface area (Å²) in [7, 11) is 0. The molecule has 0 atom stereocenters. The Morgan fingerprint density at radius 1 is 1.58 bits per heavy atom. The van der Waals surface area contributed by atoms with Crippen LogP contribution in [0.5, 0.6) is 0 Å². The second kappa shape index (κ2) is 2.80. The third kappa shape index (κ3) is 1.11. The van der Waals surface area contributed by atoms with Gasteiger partial charge in [0, 0.05) is 23.3 Å². The summed E-state index contributed by atoms with van der Waals surface area (Å²) in [6.07, 6.45) is 3.69. The van der Waals surface area contributed by atoms with Crippen LogP contribution in [0.2, 0.25) is 0 Å². The molecule has 2 heterocycles. The molecule has 0 unspecified atom stereocenters. The van der Waals surface area contributed by atoms with E-state index in [0.29, 0.717) is 5.01 Å². The lowest BCUT2D eigenvalue weighted by Crippen LogP contribution is -1.73. The lowest BCUT2D eigenvalue weighted by molar-refractivity contribution is 1.35. The fourth-order valence-corrected chi connectivity index (χ4v) is 1.56. The molecule has 58 valence electrons. The Bertz CT molecular complexity index is 408. The second-order valence-electron chi connectivity index (χ2n) is 2.25. The van der Waals surface area contributed by atoms with Crippen molar-refractivity contribution < 1.29 is 0 Å². The molecule has 0 bridgehead atoms. The second-order valence-corrected chi connectivity index (χ2v) is 3.11. The van der Waals surface area contributed by atoms with Gasteiger partial charge in [-0.2, -0.15) is 5.26 Å². The van der Waals surface area contributed by atoms with Gasteiger partial charge < -0.3 is 4.98 Å². The van der Waals surface area contributed by atoms with Crippen molar-refractivity contribution in [2.45, 2.75) is 0 Å². The van der Waals surface area contributed by atoms with Gasteiger partial charge in [-0.05, 0) is 6.07 Å². The molecule has 0 aliphatic rings. The third-order valence-corrected chi connectivity index (χ3v) is 2.24. The summed E-state index contributed by atoms with van der Waals surface area (Å²) in [5.41, 5.74) is 1.88. The number of nitrogens with one attached hydrogen (secondary N) is 1. The van der Waals surface area contributed by atoms with Crippen molar-refractivity contribution in [3.63, 3.8) is 0 Å². The van der Waals surface area contributed by atoms with E-state index in [1.54, 1.807) is 0 Å². The van der Waals surface area contributed by atoms with Crippen LogP contribution in [0, 0.1) is 11.3 Å². The van der Waals surface area contributed by atoms with E-state index in [1.165, 1.54) is 11.3 Å². The van der Waals surface area contributed by atoms with E-state index < -0.39 is 0 Å². The number of hydrogen-bond donors (Lipinski definition) is 1. The maximum absolute atomic E-state index is 8.54. The molecular formula is C8H5N3S. The minimum atomic E-state index is 0.506. The molecule has 2 aromatic rings. The van der Waals surface area contributed by atoms with E-state index >= 15 is 0 Å².